The molecule has 2 aromatic rings. The van der Waals surface area contributed by atoms with Crippen LogP contribution in [0.1, 0.15) is 46.2 Å². The summed E-state index contributed by atoms with van der Waals surface area (Å²) in [7, 11) is 0. The van der Waals surface area contributed by atoms with Gasteiger partial charge in [0.25, 0.3) is 17.7 Å². The highest BCUT2D eigenvalue weighted by atomic mass is 16.5. The Kier molecular flexibility index (Phi) is 5.88. The number of amides is 3. The van der Waals surface area contributed by atoms with Gasteiger partial charge in [0.15, 0.2) is 6.10 Å². The molecule has 0 aliphatic carbocycles. The largest absolute Gasteiger partial charge is 0.467 e. The van der Waals surface area contributed by atoms with Crippen LogP contribution in [0, 0.1) is 0 Å². The van der Waals surface area contributed by atoms with Crippen LogP contribution in [0.2, 0.25) is 0 Å². The first-order valence-electron chi connectivity index (χ1n) is 8.92. The van der Waals surface area contributed by atoms with Gasteiger partial charge in [0.2, 0.25) is 0 Å². The fraction of sp³-hybridized carbons (Fsp3) is 0.300. The van der Waals surface area contributed by atoms with E-state index in [9.17, 15) is 19.2 Å². The summed E-state index contributed by atoms with van der Waals surface area (Å²) in [6.45, 7) is 1.79. The van der Waals surface area contributed by atoms with Crippen molar-refractivity contribution in [1.29, 1.82) is 0 Å². The first-order valence-corrected chi connectivity index (χ1v) is 8.92. The quantitative estimate of drug-likeness (QED) is 0.550. The molecular weight excluding hydrogens is 364 g/mol. The molecule has 0 bridgehead atoms. The van der Waals surface area contributed by atoms with Crippen LogP contribution in [0.4, 0.5) is 0 Å². The lowest BCUT2D eigenvalue weighted by Gasteiger charge is -2.15. The number of nitrogens with zero attached hydrogens (tertiary/aromatic N) is 1. The van der Waals surface area contributed by atoms with Crippen LogP contribution in [-0.4, -0.2) is 41.2 Å². The standard InChI is InChI=1S/C20H20N2O6/c1-13(18(24)21-12-14-6-5-11-27-14)28-17(23)9-4-10-22-19(25)15-7-2-3-8-16(15)20(22)26/h2-3,5-8,11,13H,4,9-10,12H2,1H3,(H,21,24)/t13-/m0/s1. The number of esters is 1. The Morgan fingerprint density at radius 2 is 1.79 bits per heavy atom. The van der Waals surface area contributed by atoms with E-state index < -0.39 is 18.0 Å². The van der Waals surface area contributed by atoms with E-state index in [0.29, 0.717) is 16.9 Å². The normalized spacial score (nSPS) is 14.0. The Morgan fingerprint density at radius 3 is 2.39 bits per heavy atom. The number of ether oxygens (including phenoxy) is 1. The summed E-state index contributed by atoms with van der Waals surface area (Å²) in [5, 5.41) is 2.61. The molecule has 1 aromatic heterocycles. The average Bonchev–Trinajstić information content (AvgIpc) is 3.29. The lowest BCUT2D eigenvalue weighted by Crippen LogP contribution is -2.35. The van der Waals surface area contributed by atoms with Crippen molar-refractivity contribution in [2.75, 3.05) is 6.54 Å². The van der Waals surface area contributed by atoms with E-state index in [-0.39, 0.29) is 37.7 Å². The summed E-state index contributed by atoms with van der Waals surface area (Å²) in [6.07, 6.45) is 0.787. The molecule has 2 heterocycles. The monoisotopic (exact) mass is 384 g/mol. The number of nitrogens with one attached hydrogen (secondary N) is 1. The molecule has 0 saturated heterocycles. The van der Waals surface area contributed by atoms with Crippen LogP contribution < -0.4 is 5.32 Å². The van der Waals surface area contributed by atoms with Gasteiger partial charge in [-0.3, -0.25) is 24.1 Å². The van der Waals surface area contributed by atoms with Crippen molar-refractivity contribution in [1.82, 2.24) is 10.2 Å². The number of imide groups is 1. The van der Waals surface area contributed by atoms with E-state index in [1.807, 2.05) is 0 Å². The van der Waals surface area contributed by atoms with Gasteiger partial charge in [-0.25, -0.2) is 0 Å². The van der Waals surface area contributed by atoms with Crippen molar-refractivity contribution in [3.63, 3.8) is 0 Å². The summed E-state index contributed by atoms with van der Waals surface area (Å²) in [6, 6.07) is 10.0. The van der Waals surface area contributed by atoms with E-state index in [4.69, 9.17) is 9.15 Å². The van der Waals surface area contributed by atoms with E-state index in [1.165, 1.54) is 13.2 Å². The van der Waals surface area contributed by atoms with E-state index >= 15 is 0 Å². The van der Waals surface area contributed by atoms with Crippen LogP contribution in [0.15, 0.2) is 47.1 Å². The predicted octanol–water partition coefficient (Wildman–Crippen LogP) is 1.90. The van der Waals surface area contributed by atoms with Crippen molar-refractivity contribution in [2.24, 2.45) is 0 Å². The van der Waals surface area contributed by atoms with Gasteiger partial charge in [0, 0.05) is 13.0 Å². The summed E-state index contributed by atoms with van der Waals surface area (Å²) in [4.78, 5) is 49.5. The zero-order valence-electron chi connectivity index (χ0n) is 15.3. The molecule has 1 N–H and O–H groups in total. The number of hydrogen-bond donors (Lipinski definition) is 1. The summed E-state index contributed by atoms with van der Waals surface area (Å²) >= 11 is 0. The second-order valence-corrected chi connectivity index (χ2v) is 6.34. The number of hydrogen-bond acceptors (Lipinski definition) is 6. The minimum absolute atomic E-state index is 0.0107. The number of carbonyl (C=O) groups excluding carboxylic acids is 4. The molecule has 28 heavy (non-hydrogen) atoms. The van der Waals surface area contributed by atoms with Gasteiger partial charge in [0.05, 0.1) is 23.9 Å². The molecule has 1 aromatic carbocycles. The van der Waals surface area contributed by atoms with Gasteiger partial charge < -0.3 is 14.5 Å². The number of benzene rings is 1. The molecule has 1 aliphatic rings. The average molecular weight is 384 g/mol. The van der Waals surface area contributed by atoms with Crippen LogP contribution in [0.5, 0.6) is 0 Å². The zero-order valence-corrected chi connectivity index (χ0v) is 15.3. The van der Waals surface area contributed by atoms with Gasteiger partial charge >= 0.3 is 5.97 Å². The molecule has 0 saturated carbocycles. The number of carbonyl (C=O) groups is 4. The van der Waals surface area contributed by atoms with Crippen LogP contribution in [0.25, 0.3) is 0 Å². The topological polar surface area (TPSA) is 106 Å². The Balaban J connectivity index is 1.40. The maximum absolute atomic E-state index is 12.2. The second kappa shape index (κ2) is 8.51. The Labute approximate surface area is 161 Å². The Bertz CT molecular complexity index is 855. The van der Waals surface area contributed by atoms with Crippen molar-refractivity contribution in [3.8, 4) is 0 Å². The fourth-order valence-electron chi connectivity index (χ4n) is 2.86. The zero-order chi connectivity index (χ0) is 20.1. The minimum Gasteiger partial charge on any atom is -0.467 e. The summed E-state index contributed by atoms with van der Waals surface area (Å²) in [5.74, 6) is -1.14. The first kappa shape index (κ1) is 19.3. The predicted molar refractivity (Wildman–Crippen MR) is 97.2 cm³/mol. The van der Waals surface area contributed by atoms with Crippen LogP contribution in [0.3, 0.4) is 0 Å². The van der Waals surface area contributed by atoms with Gasteiger partial charge in [-0.1, -0.05) is 12.1 Å². The van der Waals surface area contributed by atoms with Crippen molar-refractivity contribution >= 4 is 23.7 Å². The van der Waals surface area contributed by atoms with Gasteiger partial charge in [0.1, 0.15) is 5.76 Å². The molecule has 3 rings (SSSR count). The van der Waals surface area contributed by atoms with E-state index in [0.717, 1.165) is 4.90 Å². The van der Waals surface area contributed by atoms with Gasteiger partial charge in [-0.15, -0.1) is 0 Å². The molecule has 1 aliphatic heterocycles. The Morgan fingerprint density at radius 1 is 1.11 bits per heavy atom. The van der Waals surface area contributed by atoms with Crippen LogP contribution >= 0.6 is 0 Å². The minimum atomic E-state index is -0.957. The van der Waals surface area contributed by atoms with Crippen molar-refractivity contribution in [2.45, 2.75) is 32.4 Å². The molecule has 0 spiro atoms. The van der Waals surface area contributed by atoms with Crippen molar-refractivity contribution in [3.05, 3.63) is 59.5 Å². The first-order chi connectivity index (χ1) is 13.5. The smallest absolute Gasteiger partial charge is 0.306 e. The highest BCUT2D eigenvalue weighted by molar-refractivity contribution is 6.21. The molecule has 8 heteroatoms. The fourth-order valence-corrected chi connectivity index (χ4v) is 2.86. The van der Waals surface area contributed by atoms with E-state index in [1.54, 1.807) is 36.4 Å². The van der Waals surface area contributed by atoms with Crippen LogP contribution in [-0.2, 0) is 20.9 Å². The summed E-state index contributed by atoms with van der Waals surface area (Å²) < 4.78 is 10.2. The Hall–Kier alpha value is -3.42. The molecule has 1 atom stereocenters. The van der Waals surface area contributed by atoms with Crippen molar-refractivity contribution < 1.29 is 28.3 Å². The third-order valence-electron chi connectivity index (χ3n) is 4.34. The third kappa shape index (κ3) is 4.28. The molecule has 3 amide bonds. The molecule has 146 valence electrons. The molecule has 8 nitrogen and oxygen atoms in total. The summed E-state index contributed by atoms with van der Waals surface area (Å²) in [5.41, 5.74) is 0.744. The van der Waals surface area contributed by atoms with Gasteiger partial charge in [-0.2, -0.15) is 0 Å². The maximum Gasteiger partial charge on any atom is 0.306 e. The highest BCUT2D eigenvalue weighted by Gasteiger charge is 2.34. The molecule has 0 unspecified atom stereocenters. The van der Waals surface area contributed by atoms with E-state index in [2.05, 4.69) is 5.32 Å². The number of rotatable bonds is 8. The maximum atomic E-state index is 12.2. The van der Waals surface area contributed by atoms with Gasteiger partial charge in [-0.05, 0) is 37.6 Å². The molecular formula is C20H20N2O6. The SMILES string of the molecule is C[C@H](OC(=O)CCCN1C(=O)c2ccccc2C1=O)C(=O)NCc1ccco1. The lowest BCUT2D eigenvalue weighted by molar-refractivity contribution is -0.155. The molecule has 0 radical (unpaired) electrons. The third-order valence-corrected chi connectivity index (χ3v) is 4.34. The highest BCUT2D eigenvalue weighted by Crippen LogP contribution is 2.22. The molecule has 0 fully saturated rings. The number of fused-ring (bicyclic) bond motifs is 1. The second-order valence-electron chi connectivity index (χ2n) is 6.34. The number of furan rings is 1. The lowest BCUT2D eigenvalue weighted by atomic mass is 10.1.